The summed E-state index contributed by atoms with van der Waals surface area (Å²) in [6.45, 7) is 12.3. The lowest BCUT2D eigenvalue weighted by molar-refractivity contribution is -0.155. The Hall–Kier alpha value is -0.570. The van der Waals surface area contributed by atoms with Crippen molar-refractivity contribution in [3.05, 3.63) is 0 Å². The van der Waals surface area contributed by atoms with Crippen LogP contribution in [0.4, 0.5) is 0 Å². The molecule has 0 spiro atoms. The topological polar surface area (TPSA) is 29.5 Å². The molecule has 0 aromatic carbocycles. The lowest BCUT2D eigenvalue weighted by Gasteiger charge is -2.22. The Bertz CT molecular complexity index is 243. The number of likely N-dealkylation sites (tertiary alicyclic amines) is 1. The molecule has 1 rings (SSSR count). The van der Waals surface area contributed by atoms with Crippen LogP contribution >= 0.6 is 0 Å². The molecule has 94 valence electrons. The van der Waals surface area contributed by atoms with E-state index in [0.717, 1.165) is 19.5 Å². The predicted molar refractivity (Wildman–Crippen MR) is 65.3 cm³/mol. The minimum atomic E-state index is -0.354. The molecule has 16 heavy (non-hydrogen) atoms. The fourth-order valence-corrected chi connectivity index (χ4v) is 2.12. The van der Waals surface area contributed by atoms with Crippen LogP contribution in [0.2, 0.25) is 0 Å². The van der Waals surface area contributed by atoms with Crippen LogP contribution in [0.1, 0.15) is 47.5 Å². The molecule has 0 aromatic heterocycles. The summed E-state index contributed by atoms with van der Waals surface area (Å²) in [4.78, 5) is 14.1. The molecule has 1 aliphatic heterocycles. The first-order valence-electron chi connectivity index (χ1n) is 6.24. The van der Waals surface area contributed by atoms with Gasteiger partial charge in [-0.2, -0.15) is 0 Å². The molecule has 1 atom stereocenters. The molecule has 1 heterocycles. The first kappa shape index (κ1) is 13.5. The van der Waals surface area contributed by atoms with E-state index >= 15 is 0 Å². The molecule has 0 radical (unpaired) electrons. The van der Waals surface area contributed by atoms with Crippen LogP contribution in [0.5, 0.6) is 0 Å². The van der Waals surface area contributed by atoms with Crippen LogP contribution < -0.4 is 0 Å². The van der Waals surface area contributed by atoms with Crippen molar-refractivity contribution in [1.82, 2.24) is 4.90 Å². The number of hydrogen-bond donors (Lipinski definition) is 0. The third-order valence-electron chi connectivity index (χ3n) is 2.92. The average Bonchev–Trinajstić information content (AvgIpc) is 2.48. The molecule has 0 saturated carbocycles. The number of esters is 1. The first-order valence-corrected chi connectivity index (χ1v) is 6.24. The molecule has 0 aliphatic carbocycles. The molecule has 0 unspecified atom stereocenters. The monoisotopic (exact) mass is 227 g/mol. The molecular weight excluding hydrogens is 202 g/mol. The molecule has 3 heteroatoms. The van der Waals surface area contributed by atoms with Gasteiger partial charge in [-0.05, 0) is 53.5 Å². The number of carbonyl (C=O) groups excluding carboxylic acids is 1. The van der Waals surface area contributed by atoms with Crippen molar-refractivity contribution in [2.75, 3.05) is 13.1 Å². The van der Waals surface area contributed by atoms with Crippen molar-refractivity contribution in [1.29, 1.82) is 0 Å². The van der Waals surface area contributed by atoms with Gasteiger partial charge in [-0.25, -0.2) is 0 Å². The van der Waals surface area contributed by atoms with Crippen molar-refractivity contribution in [3.63, 3.8) is 0 Å². The van der Waals surface area contributed by atoms with E-state index < -0.39 is 0 Å². The standard InChI is InChI=1S/C13H25NO2/c1-10(2)14-7-6-11(9-14)8-12(15)16-13(3,4)5/h10-11H,6-9H2,1-5H3/t11-/m1/s1. The maximum Gasteiger partial charge on any atom is 0.306 e. The second kappa shape index (κ2) is 5.17. The highest BCUT2D eigenvalue weighted by molar-refractivity contribution is 5.70. The zero-order valence-electron chi connectivity index (χ0n) is 11.2. The summed E-state index contributed by atoms with van der Waals surface area (Å²) in [5.74, 6) is 0.431. The molecule has 0 N–H and O–H groups in total. The summed E-state index contributed by atoms with van der Waals surface area (Å²) in [6.07, 6.45) is 1.69. The van der Waals surface area contributed by atoms with Crippen molar-refractivity contribution in [3.8, 4) is 0 Å². The van der Waals surface area contributed by atoms with Crippen molar-refractivity contribution < 1.29 is 9.53 Å². The molecule has 0 bridgehead atoms. The van der Waals surface area contributed by atoms with Gasteiger partial charge in [0, 0.05) is 19.0 Å². The third kappa shape index (κ3) is 4.52. The Labute approximate surface area is 99.1 Å². The molecule has 3 nitrogen and oxygen atoms in total. The summed E-state index contributed by atoms with van der Waals surface area (Å²) in [6, 6.07) is 0.587. The van der Waals surface area contributed by atoms with Crippen LogP contribution in [-0.2, 0) is 9.53 Å². The number of hydrogen-bond acceptors (Lipinski definition) is 3. The second-order valence-electron chi connectivity index (χ2n) is 6.03. The maximum absolute atomic E-state index is 11.7. The van der Waals surface area contributed by atoms with Gasteiger partial charge in [0.1, 0.15) is 5.60 Å². The van der Waals surface area contributed by atoms with Gasteiger partial charge in [-0.15, -0.1) is 0 Å². The van der Waals surface area contributed by atoms with Crippen LogP contribution in [0.15, 0.2) is 0 Å². The quantitative estimate of drug-likeness (QED) is 0.694. The van der Waals surface area contributed by atoms with Crippen LogP contribution in [0, 0.1) is 5.92 Å². The van der Waals surface area contributed by atoms with Gasteiger partial charge >= 0.3 is 5.97 Å². The number of nitrogens with zero attached hydrogens (tertiary/aromatic N) is 1. The van der Waals surface area contributed by atoms with Crippen LogP contribution in [0.3, 0.4) is 0 Å². The van der Waals surface area contributed by atoms with Gasteiger partial charge in [-0.3, -0.25) is 4.79 Å². The highest BCUT2D eigenvalue weighted by Gasteiger charge is 2.27. The SMILES string of the molecule is CC(C)N1CC[C@H](CC(=O)OC(C)(C)C)C1. The van der Waals surface area contributed by atoms with E-state index in [1.54, 1.807) is 0 Å². The fourth-order valence-electron chi connectivity index (χ4n) is 2.12. The minimum absolute atomic E-state index is 0.0527. The van der Waals surface area contributed by atoms with Crippen molar-refractivity contribution in [2.45, 2.75) is 59.1 Å². The number of carbonyl (C=O) groups is 1. The van der Waals surface area contributed by atoms with Gasteiger partial charge in [0.25, 0.3) is 0 Å². The molecule has 0 aromatic rings. The smallest absolute Gasteiger partial charge is 0.306 e. The van der Waals surface area contributed by atoms with E-state index in [1.165, 1.54) is 0 Å². The van der Waals surface area contributed by atoms with E-state index in [0.29, 0.717) is 18.4 Å². The van der Waals surface area contributed by atoms with E-state index in [1.807, 2.05) is 20.8 Å². The zero-order chi connectivity index (χ0) is 12.3. The summed E-state index contributed by atoms with van der Waals surface area (Å²) < 4.78 is 5.34. The van der Waals surface area contributed by atoms with Crippen molar-refractivity contribution >= 4 is 5.97 Å². The summed E-state index contributed by atoms with van der Waals surface area (Å²) in [5, 5.41) is 0. The summed E-state index contributed by atoms with van der Waals surface area (Å²) in [5.41, 5.74) is -0.354. The third-order valence-corrected chi connectivity index (χ3v) is 2.92. The highest BCUT2D eigenvalue weighted by atomic mass is 16.6. The van der Waals surface area contributed by atoms with Gasteiger partial charge in [-0.1, -0.05) is 0 Å². The molecule has 1 fully saturated rings. The minimum Gasteiger partial charge on any atom is -0.460 e. The van der Waals surface area contributed by atoms with E-state index in [-0.39, 0.29) is 11.6 Å². The molecule has 1 aliphatic rings. The van der Waals surface area contributed by atoms with Gasteiger partial charge in [0.05, 0.1) is 0 Å². The Balaban J connectivity index is 2.32. The first-order chi connectivity index (χ1) is 7.28. The van der Waals surface area contributed by atoms with Crippen molar-refractivity contribution in [2.24, 2.45) is 5.92 Å². The lowest BCUT2D eigenvalue weighted by Crippen LogP contribution is -2.29. The maximum atomic E-state index is 11.7. The number of ether oxygens (including phenoxy) is 1. The Kier molecular flexibility index (Phi) is 4.36. The zero-order valence-corrected chi connectivity index (χ0v) is 11.2. The molecule has 0 amide bonds. The Morgan fingerprint density at radius 3 is 2.50 bits per heavy atom. The van der Waals surface area contributed by atoms with Crippen LogP contribution in [0.25, 0.3) is 0 Å². The van der Waals surface area contributed by atoms with E-state index in [9.17, 15) is 4.79 Å². The fraction of sp³-hybridized carbons (Fsp3) is 0.923. The normalized spacial score (nSPS) is 22.8. The Morgan fingerprint density at radius 2 is 2.06 bits per heavy atom. The molecular formula is C13H25NO2. The van der Waals surface area contributed by atoms with Gasteiger partial charge in [0.2, 0.25) is 0 Å². The summed E-state index contributed by atoms with van der Waals surface area (Å²) in [7, 11) is 0. The van der Waals surface area contributed by atoms with Gasteiger partial charge in [0.15, 0.2) is 0 Å². The van der Waals surface area contributed by atoms with Gasteiger partial charge < -0.3 is 9.64 Å². The average molecular weight is 227 g/mol. The second-order valence-corrected chi connectivity index (χ2v) is 6.03. The van der Waals surface area contributed by atoms with Crippen LogP contribution in [-0.4, -0.2) is 35.6 Å². The van der Waals surface area contributed by atoms with E-state index in [2.05, 4.69) is 18.7 Å². The Morgan fingerprint density at radius 1 is 1.44 bits per heavy atom. The highest BCUT2D eigenvalue weighted by Crippen LogP contribution is 2.22. The van der Waals surface area contributed by atoms with E-state index in [4.69, 9.17) is 4.74 Å². The lowest BCUT2D eigenvalue weighted by atomic mass is 10.1. The predicted octanol–water partition coefficient (Wildman–Crippen LogP) is 2.45. The number of rotatable bonds is 3. The summed E-state index contributed by atoms with van der Waals surface area (Å²) >= 11 is 0. The molecule has 1 saturated heterocycles. The largest absolute Gasteiger partial charge is 0.460 e.